The molecule has 9 nitrogen and oxygen atoms in total. The van der Waals surface area contributed by atoms with Gasteiger partial charge in [0.05, 0.1) is 5.69 Å². The van der Waals surface area contributed by atoms with Crippen molar-refractivity contribution in [1.82, 2.24) is 14.6 Å². The van der Waals surface area contributed by atoms with E-state index in [1.54, 1.807) is 34.8 Å². The third-order valence-electron chi connectivity index (χ3n) is 4.70. The standard InChI is InChI=1S/C26H25N7O2/c1-4-24(34)29-21-7-5-8-22(16-21)35-25-10-6-9-23-31-26(32-33(23)25)30-20-13-11-19(12-14-20)28-18(3)15-17(2)27/h4-16H,1,27H2,2-3H3,(H,29,34)(H,30,32). The number of carbonyl (C=O) groups excluding carboxylic acids is 1. The number of nitrogens with zero attached hydrogens (tertiary/aromatic N) is 4. The predicted molar refractivity (Wildman–Crippen MR) is 139 cm³/mol. The Morgan fingerprint density at radius 1 is 1.09 bits per heavy atom. The number of fused-ring (bicyclic) bond motifs is 1. The second-order valence-electron chi connectivity index (χ2n) is 7.71. The molecule has 0 saturated carbocycles. The summed E-state index contributed by atoms with van der Waals surface area (Å²) in [5.74, 6) is 1.13. The molecule has 0 radical (unpaired) electrons. The number of hydrogen-bond acceptors (Lipinski definition) is 7. The van der Waals surface area contributed by atoms with Gasteiger partial charge in [0.2, 0.25) is 17.7 Å². The number of carbonyl (C=O) groups is 1. The summed E-state index contributed by atoms with van der Waals surface area (Å²) >= 11 is 0. The van der Waals surface area contributed by atoms with E-state index in [-0.39, 0.29) is 5.91 Å². The molecular weight excluding hydrogens is 442 g/mol. The highest BCUT2D eigenvalue weighted by Crippen LogP contribution is 2.26. The molecule has 0 aliphatic carbocycles. The van der Waals surface area contributed by atoms with Crippen LogP contribution in [0.15, 0.2) is 96.2 Å². The highest BCUT2D eigenvalue weighted by atomic mass is 16.5. The molecule has 2 aromatic carbocycles. The van der Waals surface area contributed by atoms with Gasteiger partial charge < -0.3 is 21.1 Å². The van der Waals surface area contributed by atoms with Gasteiger partial charge in [0.15, 0.2) is 5.65 Å². The first kappa shape index (κ1) is 23.2. The first-order chi connectivity index (χ1) is 16.9. The zero-order chi connectivity index (χ0) is 24.8. The lowest BCUT2D eigenvalue weighted by molar-refractivity contribution is -0.111. The van der Waals surface area contributed by atoms with E-state index in [1.165, 1.54) is 6.08 Å². The van der Waals surface area contributed by atoms with Crippen LogP contribution in [0.4, 0.5) is 23.0 Å². The molecule has 0 saturated heterocycles. The van der Waals surface area contributed by atoms with Crippen molar-refractivity contribution in [3.05, 3.63) is 91.2 Å². The predicted octanol–water partition coefficient (Wildman–Crippen LogP) is 5.34. The molecule has 4 N–H and O–H groups in total. The highest BCUT2D eigenvalue weighted by molar-refractivity contribution is 5.99. The van der Waals surface area contributed by atoms with Crippen LogP contribution < -0.4 is 21.1 Å². The minimum Gasteiger partial charge on any atom is -0.439 e. The van der Waals surface area contributed by atoms with Gasteiger partial charge in [-0.25, -0.2) is 0 Å². The molecule has 0 bridgehead atoms. The highest BCUT2D eigenvalue weighted by Gasteiger charge is 2.10. The maximum Gasteiger partial charge on any atom is 0.247 e. The third-order valence-corrected chi connectivity index (χ3v) is 4.70. The summed E-state index contributed by atoms with van der Waals surface area (Å²) < 4.78 is 7.62. The van der Waals surface area contributed by atoms with Crippen molar-refractivity contribution < 1.29 is 9.53 Å². The fourth-order valence-corrected chi connectivity index (χ4v) is 3.28. The van der Waals surface area contributed by atoms with Crippen LogP contribution in [0.25, 0.3) is 5.65 Å². The molecule has 0 atom stereocenters. The molecule has 1 amide bonds. The summed E-state index contributed by atoms with van der Waals surface area (Å²) in [4.78, 5) is 20.6. The summed E-state index contributed by atoms with van der Waals surface area (Å²) in [7, 11) is 0. The molecular formula is C26H25N7O2. The van der Waals surface area contributed by atoms with E-state index in [1.807, 2.05) is 56.3 Å². The molecule has 9 heteroatoms. The molecule has 2 heterocycles. The van der Waals surface area contributed by atoms with E-state index in [4.69, 9.17) is 10.5 Å². The average Bonchev–Trinajstić information content (AvgIpc) is 3.23. The van der Waals surface area contributed by atoms with Crippen LogP contribution in [0, 0.1) is 0 Å². The molecule has 176 valence electrons. The fourth-order valence-electron chi connectivity index (χ4n) is 3.28. The normalized spacial score (nSPS) is 11.8. The van der Waals surface area contributed by atoms with E-state index in [0.717, 1.165) is 17.1 Å². The number of hydrogen-bond donors (Lipinski definition) is 3. The summed E-state index contributed by atoms with van der Waals surface area (Å²) in [6.45, 7) is 7.18. The Balaban J connectivity index is 1.51. The van der Waals surface area contributed by atoms with E-state index in [0.29, 0.717) is 34.6 Å². The number of allylic oxidation sites excluding steroid dienone is 2. The van der Waals surface area contributed by atoms with Crippen molar-refractivity contribution in [3.8, 4) is 11.6 Å². The Kier molecular flexibility index (Phi) is 6.87. The molecule has 0 aliphatic heterocycles. The molecule has 4 aromatic rings. The minimum atomic E-state index is -0.297. The van der Waals surface area contributed by atoms with E-state index in [2.05, 4.69) is 32.3 Å². The number of anilines is 3. The number of ether oxygens (including phenoxy) is 1. The molecule has 0 fully saturated rings. The number of pyridine rings is 1. The van der Waals surface area contributed by atoms with Crippen LogP contribution in [0.3, 0.4) is 0 Å². The van der Waals surface area contributed by atoms with Crippen molar-refractivity contribution in [1.29, 1.82) is 0 Å². The summed E-state index contributed by atoms with van der Waals surface area (Å²) in [5.41, 5.74) is 10.1. The number of nitrogens with one attached hydrogen (secondary N) is 2. The van der Waals surface area contributed by atoms with Crippen LogP contribution in [0.1, 0.15) is 13.8 Å². The Hall–Kier alpha value is -4.92. The smallest absolute Gasteiger partial charge is 0.247 e. The van der Waals surface area contributed by atoms with Gasteiger partial charge in [0, 0.05) is 34.9 Å². The van der Waals surface area contributed by atoms with Crippen LogP contribution in [-0.2, 0) is 4.79 Å². The third kappa shape index (κ3) is 6.11. The molecule has 0 unspecified atom stereocenters. The van der Waals surface area contributed by atoms with Crippen molar-refractivity contribution in [2.24, 2.45) is 10.7 Å². The van der Waals surface area contributed by atoms with E-state index < -0.39 is 0 Å². The Labute approximate surface area is 202 Å². The van der Waals surface area contributed by atoms with Gasteiger partial charge in [0.1, 0.15) is 5.75 Å². The number of amides is 1. The van der Waals surface area contributed by atoms with Crippen LogP contribution in [0.5, 0.6) is 11.6 Å². The topological polar surface area (TPSA) is 119 Å². The van der Waals surface area contributed by atoms with Gasteiger partial charge >= 0.3 is 0 Å². The van der Waals surface area contributed by atoms with Gasteiger partial charge in [0.25, 0.3) is 0 Å². The van der Waals surface area contributed by atoms with E-state index in [9.17, 15) is 4.79 Å². The maximum atomic E-state index is 11.6. The lowest BCUT2D eigenvalue weighted by Crippen LogP contribution is -2.07. The second kappa shape index (κ2) is 10.3. The van der Waals surface area contributed by atoms with Crippen molar-refractivity contribution in [2.75, 3.05) is 10.6 Å². The molecule has 0 aliphatic rings. The fraction of sp³-hybridized carbons (Fsp3) is 0.0769. The van der Waals surface area contributed by atoms with Crippen molar-refractivity contribution >= 4 is 40.3 Å². The quantitative estimate of drug-likeness (QED) is 0.238. The molecule has 35 heavy (non-hydrogen) atoms. The van der Waals surface area contributed by atoms with Gasteiger partial charge in [-0.1, -0.05) is 18.7 Å². The van der Waals surface area contributed by atoms with Gasteiger partial charge in [-0.15, -0.1) is 5.10 Å². The number of rotatable bonds is 8. The summed E-state index contributed by atoms with van der Waals surface area (Å²) in [5, 5.41) is 10.4. The van der Waals surface area contributed by atoms with Crippen molar-refractivity contribution in [3.63, 3.8) is 0 Å². The number of aliphatic imine (C=N–C) groups is 1. The molecule has 0 spiro atoms. The first-order valence-corrected chi connectivity index (χ1v) is 10.8. The second-order valence-corrected chi connectivity index (χ2v) is 7.71. The first-order valence-electron chi connectivity index (χ1n) is 10.8. The molecule has 4 rings (SSSR count). The Bertz CT molecular complexity index is 1430. The van der Waals surface area contributed by atoms with Gasteiger partial charge in [-0.05, 0) is 68.5 Å². The largest absolute Gasteiger partial charge is 0.439 e. The average molecular weight is 468 g/mol. The van der Waals surface area contributed by atoms with Crippen LogP contribution in [-0.4, -0.2) is 26.2 Å². The Morgan fingerprint density at radius 3 is 2.60 bits per heavy atom. The number of nitrogens with two attached hydrogens (primary N) is 1. The van der Waals surface area contributed by atoms with Crippen LogP contribution in [0.2, 0.25) is 0 Å². The van der Waals surface area contributed by atoms with Crippen molar-refractivity contribution in [2.45, 2.75) is 13.8 Å². The maximum absolute atomic E-state index is 11.6. The number of benzene rings is 2. The zero-order valence-corrected chi connectivity index (χ0v) is 19.4. The van der Waals surface area contributed by atoms with Crippen LogP contribution >= 0.6 is 0 Å². The monoisotopic (exact) mass is 467 g/mol. The van der Waals surface area contributed by atoms with E-state index >= 15 is 0 Å². The lowest BCUT2D eigenvalue weighted by Gasteiger charge is -2.08. The summed E-state index contributed by atoms with van der Waals surface area (Å²) in [6, 6.07) is 20.1. The van der Waals surface area contributed by atoms with Gasteiger partial charge in [-0.2, -0.15) is 9.50 Å². The SMILES string of the molecule is C=CC(=O)Nc1cccc(Oc2cccc3nc(Nc4ccc(N=C(C)C=C(C)N)cc4)nn23)c1. The zero-order valence-electron chi connectivity index (χ0n) is 19.4. The van der Waals surface area contributed by atoms with Gasteiger partial charge in [-0.3, -0.25) is 9.79 Å². The summed E-state index contributed by atoms with van der Waals surface area (Å²) in [6.07, 6.45) is 3.03. The lowest BCUT2D eigenvalue weighted by atomic mass is 10.2. The molecule has 2 aromatic heterocycles. The Morgan fingerprint density at radius 2 is 1.86 bits per heavy atom. The number of aromatic nitrogens is 3. The minimum absolute atomic E-state index is 0.297.